The summed E-state index contributed by atoms with van der Waals surface area (Å²) < 4.78 is 0. The summed E-state index contributed by atoms with van der Waals surface area (Å²) in [7, 11) is 0. The molecule has 1 saturated heterocycles. The van der Waals surface area contributed by atoms with E-state index in [0.717, 1.165) is 11.3 Å². The Labute approximate surface area is 108 Å². The van der Waals surface area contributed by atoms with Gasteiger partial charge in [0, 0.05) is 18.3 Å². The number of nitrogens with one attached hydrogen (secondary N) is 2. The molecule has 0 aromatic heterocycles. The molecule has 3 nitrogen and oxygen atoms in total. The fourth-order valence-corrected chi connectivity index (χ4v) is 3.33. The first kappa shape index (κ1) is 11.6. The van der Waals surface area contributed by atoms with Gasteiger partial charge in [-0.05, 0) is 48.9 Å². The highest BCUT2D eigenvalue weighted by atomic mass is 15.0. The third-order valence-corrected chi connectivity index (χ3v) is 4.27. The molecule has 0 atom stereocenters. The van der Waals surface area contributed by atoms with E-state index in [4.69, 9.17) is 5.26 Å². The van der Waals surface area contributed by atoms with E-state index in [-0.39, 0.29) is 0 Å². The average molecular weight is 241 g/mol. The van der Waals surface area contributed by atoms with Crippen LogP contribution in [0.3, 0.4) is 0 Å². The van der Waals surface area contributed by atoms with E-state index < -0.39 is 0 Å². The zero-order valence-electron chi connectivity index (χ0n) is 10.6. The number of hydrogen-bond acceptors (Lipinski definition) is 3. The van der Waals surface area contributed by atoms with Crippen molar-refractivity contribution in [3.05, 3.63) is 29.8 Å². The third kappa shape index (κ3) is 2.21. The third-order valence-electron chi connectivity index (χ3n) is 4.27. The van der Waals surface area contributed by atoms with E-state index in [1.807, 2.05) is 12.1 Å². The smallest absolute Gasteiger partial charge is 0.0669 e. The largest absolute Gasteiger partial charge is 0.382 e. The van der Waals surface area contributed by atoms with Crippen molar-refractivity contribution < 1.29 is 0 Å². The van der Waals surface area contributed by atoms with Crippen LogP contribution in [0.5, 0.6) is 0 Å². The van der Waals surface area contributed by atoms with E-state index in [1.165, 1.54) is 32.4 Å². The van der Waals surface area contributed by atoms with Gasteiger partial charge in [-0.15, -0.1) is 0 Å². The summed E-state index contributed by atoms with van der Waals surface area (Å²) in [4.78, 5) is 0. The molecule has 3 rings (SSSR count). The molecule has 1 aromatic carbocycles. The molecule has 1 heterocycles. The predicted octanol–water partition coefficient (Wildman–Crippen LogP) is 2.31. The van der Waals surface area contributed by atoms with Crippen LogP contribution in [0.25, 0.3) is 0 Å². The summed E-state index contributed by atoms with van der Waals surface area (Å²) in [6.45, 7) is 2.38. The van der Waals surface area contributed by atoms with Crippen LogP contribution >= 0.6 is 0 Å². The number of benzene rings is 1. The molecule has 1 aromatic rings. The van der Waals surface area contributed by atoms with Gasteiger partial charge < -0.3 is 10.6 Å². The Hall–Kier alpha value is -1.53. The quantitative estimate of drug-likeness (QED) is 0.853. The van der Waals surface area contributed by atoms with Gasteiger partial charge in [0.25, 0.3) is 0 Å². The molecule has 1 saturated carbocycles. The molecule has 2 aliphatic rings. The standard InChI is InChI=1S/C15H19N3/c16-6-4-12-2-1-3-13(8-12)18-14-9-15(10-14)5-7-17-11-15/h1-3,8,14,17-18H,4-5,7,9-11H2. The molecule has 1 aliphatic heterocycles. The second kappa shape index (κ2) is 4.62. The topological polar surface area (TPSA) is 47.9 Å². The van der Waals surface area contributed by atoms with Crippen LogP contribution in [0, 0.1) is 16.7 Å². The zero-order chi connectivity index (χ0) is 12.4. The van der Waals surface area contributed by atoms with Crippen LogP contribution in [0.4, 0.5) is 5.69 Å². The second-order valence-electron chi connectivity index (χ2n) is 5.71. The molecule has 94 valence electrons. The molecular weight excluding hydrogens is 222 g/mol. The SMILES string of the molecule is N#CCc1cccc(NC2CC3(CCNC3)C2)c1. The van der Waals surface area contributed by atoms with Gasteiger partial charge in [0.05, 0.1) is 12.5 Å². The minimum absolute atomic E-state index is 0.494. The van der Waals surface area contributed by atoms with Crippen LogP contribution in [0.1, 0.15) is 24.8 Å². The van der Waals surface area contributed by atoms with Gasteiger partial charge in [-0.25, -0.2) is 0 Å². The van der Waals surface area contributed by atoms with Gasteiger partial charge >= 0.3 is 0 Å². The van der Waals surface area contributed by atoms with Gasteiger partial charge in [-0.3, -0.25) is 0 Å². The van der Waals surface area contributed by atoms with Gasteiger partial charge in [0.1, 0.15) is 0 Å². The lowest BCUT2D eigenvalue weighted by Crippen LogP contribution is -2.46. The lowest BCUT2D eigenvalue weighted by atomic mass is 9.65. The Morgan fingerprint density at radius 3 is 3.06 bits per heavy atom. The number of rotatable bonds is 3. The van der Waals surface area contributed by atoms with Crippen molar-refractivity contribution in [1.82, 2.24) is 5.32 Å². The Balaban J connectivity index is 1.58. The minimum Gasteiger partial charge on any atom is -0.382 e. The minimum atomic E-state index is 0.494. The highest BCUT2D eigenvalue weighted by molar-refractivity contribution is 5.47. The lowest BCUT2D eigenvalue weighted by molar-refractivity contribution is 0.142. The van der Waals surface area contributed by atoms with Crippen LogP contribution in [-0.4, -0.2) is 19.1 Å². The van der Waals surface area contributed by atoms with Gasteiger partial charge in [0.15, 0.2) is 0 Å². The fourth-order valence-electron chi connectivity index (χ4n) is 3.33. The van der Waals surface area contributed by atoms with Gasteiger partial charge in [-0.1, -0.05) is 12.1 Å². The molecule has 0 unspecified atom stereocenters. The van der Waals surface area contributed by atoms with Crippen LogP contribution in [-0.2, 0) is 6.42 Å². The summed E-state index contributed by atoms with van der Waals surface area (Å²) in [6, 6.07) is 11.0. The van der Waals surface area contributed by atoms with E-state index in [0.29, 0.717) is 17.9 Å². The second-order valence-corrected chi connectivity index (χ2v) is 5.71. The van der Waals surface area contributed by atoms with Crippen LogP contribution in [0.15, 0.2) is 24.3 Å². The summed E-state index contributed by atoms with van der Waals surface area (Å²) in [6.07, 6.45) is 4.39. The van der Waals surface area contributed by atoms with Crippen molar-refractivity contribution in [2.75, 3.05) is 18.4 Å². The van der Waals surface area contributed by atoms with Crippen LogP contribution < -0.4 is 10.6 Å². The highest BCUT2D eigenvalue weighted by Crippen LogP contribution is 2.46. The molecule has 3 heteroatoms. The van der Waals surface area contributed by atoms with E-state index in [9.17, 15) is 0 Å². The molecule has 1 spiro atoms. The summed E-state index contributed by atoms with van der Waals surface area (Å²) in [5, 5.41) is 15.8. The molecule has 0 amide bonds. The maximum absolute atomic E-state index is 8.71. The zero-order valence-corrected chi connectivity index (χ0v) is 10.6. The molecule has 2 N–H and O–H groups in total. The number of hydrogen-bond donors (Lipinski definition) is 2. The maximum Gasteiger partial charge on any atom is 0.0669 e. The van der Waals surface area contributed by atoms with Crippen molar-refractivity contribution in [3.63, 3.8) is 0 Å². The highest BCUT2D eigenvalue weighted by Gasteiger charge is 2.45. The van der Waals surface area contributed by atoms with Gasteiger partial charge in [-0.2, -0.15) is 5.26 Å². The van der Waals surface area contributed by atoms with E-state index in [1.54, 1.807) is 0 Å². The molecule has 2 fully saturated rings. The number of nitriles is 1. The molecule has 1 aliphatic carbocycles. The van der Waals surface area contributed by atoms with Gasteiger partial charge in [0.2, 0.25) is 0 Å². The molecule has 18 heavy (non-hydrogen) atoms. The maximum atomic E-state index is 8.71. The van der Waals surface area contributed by atoms with E-state index in [2.05, 4.69) is 28.8 Å². The summed E-state index contributed by atoms with van der Waals surface area (Å²) >= 11 is 0. The Kier molecular flexibility index (Phi) is 2.97. The van der Waals surface area contributed by atoms with Crippen LogP contribution in [0.2, 0.25) is 0 Å². The first-order valence-corrected chi connectivity index (χ1v) is 6.73. The fraction of sp³-hybridized carbons (Fsp3) is 0.533. The normalized spacial score (nSPS) is 29.8. The number of nitrogens with zero attached hydrogens (tertiary/aromatic N) is 1. The molecule has 0 radical (unpaired) electrons. The Morgan fingerprint density at radius 1 is 1.44 bits per heavy atom. The first-order chi connectivity index (χ1) is 8.80. The average Bonchev–Trinajstić information content (AvgIpc) is 2.79. The Bertz CT molecular complexity index is 461. The van der Waals surface area contributed by atoms with Crippen molar-refractivity contribution >= 4 is 5.69 Å². The van der Waals surface area contributed by atoms with Crippen molar-refractivity contribution in [3.8, 4) is 6.07 Å². The summed E-state index contributed by atoms with van der Waals surface area (Å²) in [5.74, 6) is 0. The monoisotopic (exact) mass is 241 g/mol. The number of anilines is 1. The lowest BCUT2D eigenvalue weighted by Gasteiger charge is -2.45. The van der Waals surface area contributed by atoms with E-state index >= 15 is 0 Å². The molecule has 0 bridgehead atoms. The first-order valence-electron chi connectivity index (χ1n) is 6.73. The molecular formula is C15H19N3. The summed E-state index contributed by atoms with van der Waals surface area (Å²) in [5.41, 5.74) is 2.84. The van der Waals surface area contributed by atoms with Crippen molar-refractivity contribution in [1.29, 1.82) is 5.26 Å². The van der Waals surface area contributed by atoms with Crippen molar-refractivity contribution in [2.24, 2.45) is 5.41 Å². The predicted molar refractivity (Wildman–Crippen MR) is 72.3 cm³/mol. The van der Waals surface area contributed by atoms with Crippen molar-refractivity contribution in [2.45, 2.75) is 31.7 Å². The Morgan fingerprint density at radius 2 is 2.33 bits per heavy atom.